The van der Waals surface area contributed by atoms with E-state index in [-0.39, 0.29) is 18.0 Å². The van der Waals surface area contributed by atoms with Crippen molar-refractivity contribution >= 4 is 23.2 Å². The van der Waals surface area contributed by atoms with Gasteiger partial charge in [0.1, 0.15) is 6.04 Å². The van der Waals surface area contributed by atoms with Gasteiger partial charge in [-0.3, -0.25) is 14.5 Å². The fourth-order valence-corrected chi connectivity index (χ4v) is 3.62. The molecule has 0 aromatic heterocycles. The van der Waals surface area contributed by atoms with Gasteiger partial charge in [0.15, 0.2) is 0 Å². The van der Waals surface area contributed by atoms with Crippen LogP contribution in [0.3, 0.4) is 0 Å². The molecule has 0 saturated carbocycles. The summed E-state index contributed by atoms with van der Waals surface area (Å²) in [5.41, 5.74) is 0.484. The third-order valence-electron chi connectivity index (χ3n) is 5.01. The zero-order valence-electron chi connectivity index (χ0n) is 15.7. The SMILES string of the molecule is O=C(Nc1ccccc1C(F)(F)F)C1Cc2ccccc2N1C(=O)c1ccccc1. The van der Waals surface area contributed by atoms with Crippen LogP contribution in [-0.4, -0.2) is 17.9 Å². The summed E-state index contributed by atoms with van der Waals surface area (Å²) in [6.07, 6.45) is -4.39. The number of nitrogens with zero attached hydrogens (tertiary/aromatic N) is 1. The number of fused-ring (bicyclic) bond motifs is 1. The zero-order chi connectivity index (χ0) is 21.3. The maximum atomic E-state index is 13.3. The van der Waals surface area contributed by atoms with E-state index in [0.717, 1.165) is 11.6 Å². The molecule has 1 aliphatic heterocycles. The van der Waals surface area contributed by atoms with Gasteiger partial charge in [0.25, 0.3) is 5.91 Å². The number of rotatable bonds is 3. The van der Waals surface area contributed by atoms with Crippen LogP contribution in [0.25, 0.3) is 0 Å². The second kappa shape index (κ2) is 7.67. The minimum absolute atomic E-state index is 0.217. The summed E-state index contributed by atoms with van der Waals surface area (Å²) in [4.78, 5) is 27.6. The summed E-state index contributed by atoms with van der Waals surface area (Å²) in [6, 6.07) is 19.4. The first-order chi connectivity index (χ1) is 14.4. The molecule has 4 nitrogen and oxygen atoms in total. The van der Waals surface area contributed by atoms with E-state index in [9.17, 15) is 22.8 Å². The average molecular weight is 410 g/mol. The molecule has 0 radical (unpaired) electrons. The van der Waals surface area contributed by atoms with Gasteiger partial charge in [0.2, 0.25) is 5.91 Å². The minimum atomic E-state index is -4.61. The fraction of sp³-hybridized carbons (Fsp3) is 0.130. The molecule has 1 aliphatic rings. The number of para-hydroxylation sites is 2. The normalized spacial score (nSPS) is 15.6. The summed E-state index contributed by atoms with van der Waals surface area (Å²) in [5, 5.41) is 2.38. The summed E-state index contributed by atoms with van der Waals surface area (Å²) in [7, 11) is 0. The number of hydrogen-bond donors (Lipinski definition) is 1. The lowest BCUT2D eigenvalue weighted by Gasteiger charge is -2.25. The van der Waals surface area contributed by atoms with Crippen LogP contribution in [0.5, 0.6) is 0 Å². The molecule has 1 N–H and O–H groups in total. The van der Waals surface area contributed by atoms with Crippen molar-refractivity contribution in [3.63, 3.8) is 0 Å². The molecular formula is C23H17F3N2O2. The number of amides is 2. The zero-order valence-corrected chi connectivity index (χ0v) is 15.7. The lowest BCUT2D eigenvalue weighted by Crippen LogP contribution is -2.45. The predicted molar refractivity (Wildman–Crippen MR) is 107 cm³/mol. The molecule has 3 aromatic rings. The Morgan fingerprint density at radius 2 is 1.50 bits per heavy atom. The molecule has 7 heteroatoms. The Morgan fingerprint density at radius 1 is 0.867 bits per heavy atom. The van der Waals surface area contributed by atoms with Crippen molar-refractivity contribution in [3.8, 4) is 0 Å². The third kappa shape index (κ3) is 3.66. The third-order valence-corrected chi connectivity index (χ3v) is 5.01. The Kier molecular flexibility index (Phi) is 5.03. The van der Waals surface area contributed by atoms with Crippen LogP contribution in [0.1, 0.15) is 21.5 Å². The molecule has 152 valence electrons. The first-order valence-electron chi connectivity index (χ1n) is 9.30. The van der Waals surface area contributed by atoms with Crippen LogP contribution < -0.4 is 10.2 Å². The molecule has 0 aliphatic carbocycles. The number of anilines is 2. The first-order valence-corrected chi connectivity index (χ1v) is 9.30. The number of alkyl halides is 3. The number of carbonyl (C=O) groups excluding carboxylic acids is 2. The molecule has 0 spiro atoms. The lowest BCUT2D eigenvalue weighted by atomic mass is 10.1. The average Bonchev–Trinajstić information content (AvgIpc) is 3.13. The molecule has 1 atom stereocenters. The Hall–Kier alpha value is -3.61. The van der Waals surface area contributed by atoms with Gasteiger partial charge < -0.3 is 5.32 Å². The Bertz CT molecular complexity index is 1100. The van der Waals surface area contributed by atoms with E-state index < -0.39 is 23.7 Å². The summed E-state index contributed by atoms with van der Waals surface area (Å²) >= 11 is 0. The number of nitrogens with one attached hydrogen (secondary N) is 1. The van der Waals surface area contributed by atoms with Gasteiger partial charge in [0.05, 0.1) is 11.3 Å². The largest absolute Gasteiger partial charge is 0.418 e. The molecular weight excluding hydrogens is 393 g/mol. The number of hydrogen-bond acceptors (Lipinski definition) is 2. The van der Waals surface area contributed by atoms with E-state index in [1.165, 1.54) is 23.1 Å². The van der Waals surface area contributed by atoms with Crippen molar-refractivity contribution in [3.05, 3.63) is 95.6 Å². The van der Waals surface area contributed by atoms with Gasteiger partial charge in [-0.25, -0.2) is 0 Å². The van der Waals surface area contributed by atoms with E-state index >= 15 is 0 Å². The van der Waals surface area contributed by atoms with Crippen LogP contribution in [-0.2, 0) is 17.4 Å². The van der Waals surface area contributed by atoms with Crippen molar-refractivity contribution < 1.29 is 22.8 Å². The van der Waals surface area contributed by atoms with E-state index in [1.54, 1.807) is 54.6 Å². The van der Waals surface area contributed by atoms with E-state index in [4.69, 9.17) is 0 Å². The standard InChI is InChI=1S/C23H17F3N2O2/c24-23(25,26)17-11-5-6-12-18(17)27-21(29)20-14-16-10-4-7-13-19(16)28(20)22(30)15-8-2-1-3-9-15/h1-13,20H,14H2,(H,27,29). The molecule has 4 rings (SSSR count). The Balaban J connectivity index is 1.68. The minimum Gasteiger partial charge on any atom is -0.324 e. The number of carbonyl (C=O) groups is 2. The van der Waals surface area contributed by atoms with Crippen molar-refractivity contribution in [1.29, 1.82) is 0 Å². The van der Waals surface area contributed by atoms with Gasteiger partial charge in [-0.05, 0) is 35.9 Å². The number of halogens is 3. The first kappa shape index (κ1) is 19.7. The van der Waals surface area contributed by atoms with Crippen LogP contribution in [0, 0.1) is 0 Å². The molecule has 0 bridgehead atoms. The smallest absolute Gasteiger partial charge is 0.324 e. The quantitative estimate of drug-likeness (QED) is 0.667. The van der Waals surface area contributed by atoms with Gasteiger partial charge >= 0.3 is 6.18 Å². The van der Waals surface area contributed by atoms with Crippen molar-refractivity contribution in [2.45, 2.75) is 18.6 Å². The monoisotopic (exact) mass is 410 g/mol. The van der Waals surface area contributed by atoms with E-state index in [0.29, 0.717) is 11.3 Å². The van der Waals surface area contributed by atoms with Crippen LogP contribution in [0.2, 0.25) is 0 Å². The molecule has 1 heterocycles. The highest BCUT2D eigenvalue weighted by Crippen LogP contribution is 2.37. The molecule has 0 saturated heterocycles. The van der Waals surface area contributed by atoms with Gasteiger partial charge in [-0.2, -0.15) is 13.2 Å². The van der Waals surface area contributed by atoms with Gasteiger partial charge in [0, 0.05) is 17.7 Å². The van der Waals surface area contributed by atoms with E-state index in [2.05, 4.69) is 5.32 Å². The second-order valence-electron chi connectivity index (χ2n) is 6.92. The molecule has 0 fully saturated rings. The lowest BCUT2D eigenvalue weighted by molar-refractivity contribution is -0.137. The molecule has 2 amide bonds. The van der Waals surface area contributed by atoms with Gasteiger partial charge in [-0.15, -0.1) is 0 Å². The van der Waals surface area contributed by atoms with Crippen molar-refractivity contribution in [2.24, 2.45) is 0 Å². The summed E-state index contributed by atoms with van der Waals surface area (Å²) in [5.74, 6) is -1.06. The van der Waals surface area contributed by atoms with Crippen molar-refractivity contribution in [1.82, 2.24) is 0 Å². The molecule has 30 heavy (non-hydrogen) atoms. The molecule has 3 aromatic carbocycles. The topological polar surface area (TPSA) is 49.4 Å². The fourth-order valence-electron chi connectivity index (χ4n) is 3.62. The van der Waals surface area contributed by atoms with E-state index in [1.807, 2.05) is 0 Å². The highest BCUT2D eigenvalue weighted by Gasteiger charge is 2.40. The summed E-state index contributed by atoms with van der Waals surface area (Å²) < 4.78 is 39.9. The van der Waals surface area contributed by atoms with Crippen LogP contribution >= 0.6 is 0 Å². The highest BCUT2D eigenvalue weighted by molar-refractivity contribution is 6.13. The number of benzene rings is 3. The maximum Gasteiger partial charge on any atom is 0.418 e. The predicted octanol–water partition coefficient (Wildman–Crippen LogP) is 4.92. The maximum absolute atomic E-state index is 13.3. The van der Waals surface area contributed by atoms with Crippen LogP contribution in [0.4, 0.5) is 24.5 Å². The van der Waals surface area contributed by atoms with Crippen LogP contribution in [0.15, 0.2) is 78.9 Å². The molecule has 1 unspecified atom stereocenters. The Labute approximate surface area is 170 Å². The Morgan fingerprint density at radius 3 is 2.23 bits per heavy atom. The van der Waals surface area contributed by atoms with Crippen molar-refractivity contribution in [2.75, 3.05) is 10.2 Å². The summed E-state index contributed by atoms with van der Waals surface area (Å²) in [6.45, 7) is 0. The second-order valence-corrected chi connectivity index (χ2v) is 6.92. The van der Waals surface area contributed by atoms with Gasteiger partial charge in [-0.1, -0.05) is 48.5 Å². The highest BCUT2D eigenvalue weighted by atomic mass is 19.4.